The van der Waals surface area contributed by atoms with Crippen LogP contribution in [-0.4, -0.2) is 22.9 Å². The van der Waals surface area contributed by atoms with Gasteiger partial charge in [-0.25, -0.2) is 4.39 Å². The molecule has 0 radical (unpaired) electrons. The lowest BCUT2D eigenvalue weighted by Crippen LogP contribution is -2.41. The number of carbonyl (C=O) groups excluding carboxylic acids is 1. The number of amides is 1. The molecule has 2 N–H and O–H groups in total. The number of rotatable bonds is 4. The molecule has 0 saturated heterocycles. The molecule has 0 heterocycles. The fraction of sp³-hybridized carbons (Fsp3) is 0.588. The fourth-order valence-electron chi connectivity index (χ4n) is 3.25. The Balaban J connectivity index is 1.69. The van der Waals surface area contributed by atoms with Crippen molar-refractivity contribution >= 4 is 5.91 Å². The molecular weight excluding hydrogens is 267 g/mol. The number of nitrogens with two attached hydrogens (primary N) is 1. The minimum Gasteiger partial charge on any atom is -0.335 e. The van der Waals surface area contributed by atoms with Gasteiger partial charge in [-0.15, -0.1) is 0 Å². The summed E-state index contributed by atoms with van der Waals surface area (Å²) in [6.07, 6.45) is 6.03. The zero-order valence-electron chi connectivity index (χ0n) is 12.3. The van der Waals surface area contributed by atoms with Gasteiger partial charge >= 0.3 is 0 Å². The van der Waals surface area contributed by atoms with E-state index in [0.717, 1.165) is 44.1 Å². The van der Waals surface area contributed by atoms with Crippen LogP contribution in [0.1, 0.15) is 44.1 Å². The topological polar surface area (TPSA) is 46.3 Å². The van der Waals surface area contributed by atoms with Crippen molar-refractivity contribution in [3.05, 3.63) is 35.6 Å². The lowest BCUT2D eigenvalue weighted by atomic mass is 9.85. The van der Waals surface area contributed by atoms with Crippen LogP contribution in [0.4, 0.5) is 4.39 Å². The number of carbonyl (C=O) groups is 1. The standard InChI is InChI=1S/C17H23FN2O/c18-14-6-4-12(5-7-14)11-20(16-8-9-16)17(21)13-2-1-3-15(19)10-13/h4-7,13,15-16H,1-3,8-11,19H2. The summed E-state index contributed by atoms with van der Waals surface area (Å²) in [4.78, 5) is 14.8. The van der Waals surface area contributed by atoms with Gasteiger partial charge in [0.05, 0.1) is 0 Å². The Bertz CT molecular complexity index is 498. The first-order valence-electron chi connectivity index (χ1n) is 7.94. The fourth-order valence-corrected chi connectivity index (χ4v) is 3.25. The van der Waals surface area contributed by atoms with E-state index in [1.54, 1.807) is 12.1 Å². The van der Waals surface area contributed by atoms with Crippen molar-refractivity contribution in [1.82, 2.24) is 4.90 Å². The number of hydrogen-bond donors (Lipinski definition) is 1. The summed E-state index contributed by atoms with van der Waals surface area (Å²) in [5.41, 5.74) is 7.01. The van der Waals surface area contributed by atoms with Gasteiger partial charge in [0.1, 0.15) is 5.82 Å². The molecule has 2 fully saturated rings. The smallest absolute Gasteiger partial charge is 0.226 e. The maximum atomic E-state index is 13.0. The van der Waals surface area contributed by atoms with E-state index in [2.05, 4.69) is 0 Å². The van der Waals surface area contributed by atoms with Gasteiger partial charge in [-0.2, -0.15) is 0 Å². The van der Waals surface area contributed by atoms with E-state index in [1.807, 2.05) is 4.90 Å². The van der Waals surface area contributed by atoms with Crippen molar-refractivity contribution in [2.75, 3.05) is 0 Å². The van der Waals surface area contributed by atoms with Gasteiger partial charge in [0.15, 0.2) is 0 Å². The van der Waals surface area contributed by atoms with Crippen LogP contribution in [0.3, 0.4) is 0 Å². The Morgan fingerprint density at radius 2 is 1.90 bits per heavy atom. The first kappa shape index (κ1) is 14.5. The third-order valence-corrected chi connectivity index (χ3v) is 4.60. The molecule has 4 heteroatoms. The molecule has 21 heavy (non-hydrogen) atoms. The predicted molar refractivity (Wildman–Crippen MR) is 79.9 cm³/mol. The second-order valence-corrected chi connectivity index (χ2v) is 6.45. The third kappa shape index (κ3) is 3.62. The highest BCUT2D eigenvalue weighted by Crippen LogP contribution is 2.33. The molecule has 114 valence electrons. The van der Waals surface area contributed by atoms with Gasteiger partial charge in [-0.1, -0.05) is 18.6 Å². The molecule has 2 atom stereocenters. The highest BCUT2D eigenvalue weighted by molar-refractivity contribution is 5.79. The average Bonchev–Trinajstić information content (AvgIpc) is 3.30. The second-order valence-electron chi connectivity index (χ2n) is 6.45. The van der Waals surface area contributed by atoms with Crippen LogP contribution in [0.25, 0.3) is 0 Å². The maximum absolute atomic E-state index is 13.0. The highest BCUT2D eigenvalue weighted by atomic mass is 19.1. The van der Waals surface area contributed by atoms with E-state index in [0.29, 0.717) is 12.6 Å². The van der Waals surface area contributed by atoms with Gasteiger partial charge in [0.25, 0.3) is 0 Å². The minimum atomic E-state index is -0.235. The van der Waals surface area contributed by atoms with E-state index in [-0.39, 0.29) is 23.7 Å². The Morgan fingerprint density at radius 3 is 2.52 bits per heavy atom. The maximum Gasteiger partial charge on any atom is 0.226 e. The summed E-state index contributed by atoms with van der Waals surface area (Å²) in [7, 11) is 0. The van der Waals surface area contributed by atoms with Gasteiger partial charge in [-0.3, -0.25) is 4.79 Å². The lowest BCUT2D eigenvalue weighted by Gasteiger charge is -2.31. The predicted octanol–water partition coefficient (Wildman–Crippen LogP) is 2.83. The second kappa shape index (κ2) is 6.14. The highest BCUT2D eigenvalue weighted by Gasteiger charge is 2.37. The van der Waals surface area contributed by atoms with E-state index in [1.165, 1.54) is 12.1 Å². The van der Waals surface area contributed by atoms with E-state index < -0.39 is 0 Å². The largest absolute Gasteiger partial charge is 0.335 e. The summed E-state index contributed by atoms with van der Waals surface area (Å²) in [6, 6.07) is 7.00. The summed E-state index contributed by atoms with van der Waals surface area (Å²) < 4.78 is 13.0. The molecule has 3 nitrogen and oxygen atoms in total. The van der Waals surface area contributed by atoms with Crippen LogP contribution in [0.2, 0.25) is 0 Å². The van der Waals surface area contributed by atoms with Gasteiger partial charge in [0, 0.05) is 24.5 Å². The zero-order chi connectivity index (χ0) is 14.8. The van der Waals surface area contributed by atoms with Crippen LogP contribution < -0.4 is 5.73 Å². The molecule has 0 aliphatic heterocycles. The van der Waals surface area contributed by atoms with Gasteiger partial charge in [-0.05, 0) is 49.8 Å². The molecule has 0 aromatic heterocycles. The summed E-state index contributed by atoms with van der Waals surface area (Å²) in [6.45, 7) is 0.593. The molecule has 2 aliphatic rings. The Morgan fingerprint density at radius 1 is 1.19 bits per heavy atom. The van der Waals surface area contributed by atoms with Crippen LogP contribution in [-0.2, 0) is 11.3 Å². The summed E-state index contributed by atoms with van der Waals surface area (Å²) >= 11 is 0. The number of halogens is 1. The molecular formula is C17H23FN2O. The van der Waals surface area contributed by atoms with Crippen molar-refractivity contribution in [2.24, 2.45) is 11.7 Å². The van der Waals surface area contributed by atoms with Crippen LogP contribution >= 0.6 is 0 Å². The molecule has 2 unspecified atom stereocenters. The number of hydrogen-bond acceptors (Lipinski definition) is 2. The number of benzene rings is 1. The molecule has 3 rings (SSSR count). The van der Waals surface area contributed by atoms with Gasteiger partial charge < -0.3 is 10.6 Å². The van der Waals surface area contributed by atoms with E-state index in [9.17, 15) is 9.18 Å². The summed E-state index contributed by atoms with van der Waals surface area (Å²) in [5.74, 6) is 0.0908. The third-order valence-electron chi connectivity index (χ3n) is 4.60. The SMILES string of the molecule is NC1CCCC(C(=O)N(Cc2ccc(F)cc2)C2CC2)C1. The van der Waals surface area contributed by atoms with Crippen LogP contribution in [0.5, 0.6) is 0 Å². The monoisotopic (exact) mass is 290 g/mol. The van der Waals surface area contributed by atoms with Crippen molar-refractivity contribution in [3.8, 4) is 0 Å². The van der Waals surface area contributed by atoms with Crippen LogP contribution in [0.15, 0.2) is 24.3 Å². The van der Waals surface area contributed by atoms with Crippen molar-refractivity contribution in [3.63, 3.8) is 0 Å². The molecule has 1 aromatic rings. The van der Waals surface area contributed by atoms with Crippen molar-refractivity contribution < 1.29 is 9.18 Å². The van der Waals surface area contributed by atoms with Crippen LogP contribution in [0, 0.1) is 11.7 Å². The Labute approximate surface area is 125 Å². The molecule has 1 amide bonds. The molecule has 2 aliphatic carbocycles. The Hall–Kier alpha value is -1.42. The molecule has 2 saturated carbocycles. The van der Waals surface area contributed by atoms with Crippen molar-refractivity contribution in [1.29, 1.82) is 0 Å². The molecule has 1 aromatic carbocycles. The van der Waals surface area contributed by atoms with E-state index in [4.69, 9.17) is 5.73 Å². The first-order chi connectivity index (χ1) is 10.1. The zero-order valence-corrected chi connectivity index (χ0v) is 12.3. The first-order valence-corrected chi connectivity index (χ1v) is 7.94. The average molecular weight is 290 g/mol. The van der Waals surface area contributed by atoms with Gasteiger partial charge in [0.2, 0.25) is 5.91 Å². The quantitative estimate of drug-likeness (QED) is 0.927. The normalized spacial score (nSPS) is 25.6. The Kier molecular flexibility index (Phi) is 4.24. The number of nitrogens with zero attached hydrogens (tertiary/aromatic N) is 1. The molecule has 0 bridgehead atoms. The van der Waals surface area contributed by atoms with Crippen molar-refractivity contribution in [2.45, 2.75) is 57.2 Å². The van der Waals surface area contributed by atoms with E-state index >= 15 is 0 Å². The minimum absolute atomic E-state index is 0.0785. The summed E-state index contributed by atoms with van der Waals surface area (Å²) in [5, 5.41) is 0. The lowest BCUT2D eigenvalue weighted by molar-refractivity contribution is -0.138. The molecule has 0 spiro atoms.